The van der Waals surface area contributed by atoms with Crippen molar-refractivity contribution in [2.45, 2.75) is 32.7 Å². The molecule has 1 aromatic heterocycles. The van der Waals surface area contributed by atoms with Gasteiger partial charge in [-0.05, 0) is 44.0 Å². The first-order chi connectivity index (χ1) is 10.3. The van der Waals surface area contributed by atoms with E-state index in [4.69, 9.17) is 4.74 Å². The van der Waals surface area contributed by atoms with Crippen LogP contribution in [0.2, 0.25) is 0 Å². The molecule has 1 aliphatic heterocycles. The third-order valence-electron chi connectivity index (χ3n) is 4.30. The van der Waals surface area contributed by atoms with Gasteiger partial charge in [0.1, 0.15) is 0 Å². The highest BCUT2D eigenvalue weighted by atomic mass is 16.5. The summed E-state index contributed by atoms with van der Waals surface area (Å²) in [7, 11) is 0. The smallest absolute Gasteiger partial charge is 0.0708 e. The summed E-state index contributed by atoms with van der Waals surface area (Å²) in [6.45, 7) is 6.99. The standard InChI is InChI=1S/C18H24N2O/c1-3-19-18(14-7-6-10-21-12-14)16-11-13(2)20-17-9-5-4-8-15(16)17/h4-5,8-9,11,14,18-19H,3,6-7,10,12H2,1-2H3. The van der Waals surface area contributed by atoms with Gasteiger partial charge < -0.3 is 10.1 Å². The Morgan fingerprint density at radius 2 is 2.24 bits per heavy atom. The van der Waals surface area contributed by atoms with E-state index in [0.29, 0.717) is 12.0 Å². The molecule has 3 nitrogen and oxygen atoms in total. The summed E-state index contributed by atoms with van der Waals surface area (Å²) in [5.74, 6) is 0.545. The second-order valence-electron chi connectivity index (χ2n) is 5.88. The van der Waals surface area contributed by atoms with Gasteiger partial charge in [0.05, 0.1) is 12.1 Å². The summed E-state index contributed by atoms with van der Waals surface area (Å²) in [6, 6.07) is 11.0. The minimum absolute atomic E-state index is 0.349. The maximum Gasteiger partial charge on any atom is 0.0708 e. The lowest BCUT2D eigenvalue weighted by molar-refractivity contribution is 0.0395. The number of nitrogens with zero attached hydrogens (tertiary/aromatic N) is 1. The molecule has 3 heteroatoms. The maximum absolute atomic E-state index is 5.72. The van der Waals surface area contributed by atoms with Crippen LogP contribution >= 0.6 is 0 Å². The number of rotatable bonds is 4. The Hall–Kier alpha value is -1.45. The monoisotopic (exact) mass is 284 g/mol. The quantitative estimate of drug-likeness (QED) is 0.931. The largest absolute Gasteiger partial charge is 0.381 e. The second kappa shape index (κ2) is 6.54. The fourth-order valence-corrected chi connectivity index (χ4v) is 3.38. The van der Waals surface area contributed by atoms with Crippen LogP contribution in [-0.2, 0) is 4.74 Å². The fraction of sp³-hybridized carbons (Fsp3) is 0.500. The molecule has 1 N–H and O–H groups in total. The molecule has 112 valence electrons. The molecule has 21 heavy (non-hydrogen) atoms. The summed E-state index contributed by atoms with van der Waals surface area (Å²) in [6.07, 6.45) is 2.39. The molecule has 0 amide bonds. The number of benzene rings is 1. The van der Waals surface area contributed by atoms with Crippen LogP contribution in [0, 0.1) is 12.8 Å². The highest BCUT2D eigenvalue weighted by molar-refractivity contribution is 5.82. The highest BCUT2D eigenvalue weighted by Crippen LogP contribution is 2.33. The van der Waals surface area contributed by atoms with Gasteiger partial charge in [-0.3, -0.25) is 4.98 Å². The van der Waals surface area contributed by atoms with Gasteiger partial charge in [0.15, 0.2) is 0 Å². The zero-order valence-electron chi connectivity index (χ0n) is 12.9. The number of aryl methyl sites for hydroxylation is 1. The molecular formula is C18H24N2O. The van der Waals surface area contributed by atoms with Crippen molar-refractivity contribution in [1.29, 1.82) is 0 Å². The van der Waals surface area contributed by atoms with Crippen molar-refractivity contribution >= 4 is 10.9 Å². The summed E-state index contributed by atoms with van der Waals surface area (Å²) in [5.41, 5.74) is 3.55. The molecule has 0 aliphatic carbocycles. The zero-order valence-corrected chi connectivity index (χ0v) is 12.9. The van der Waals surface area contributed by atoms with Crippen molar-refractivity contribution in [2.75, 3.05) is 19.8 Å². The third-order valence-corrected chi connectivity index (χ3v) is 4.30. The zero-order chi connectivity index (χ0) is 14.7. The van der Waals surface area contributed by atoms with Gasteiger partial charge in [-0.1, -0.05) is 25.1 Å². The predicted octanol–water partition coefficient (Wildman–Crippen LogP) is 3.62. The Morgan fingerprint density at radius 1 is 1.38 bits per heavy atom. The predicted molar refractivity (Wildman–Crippen MR) is 86.4 cm³/mol. The van der Waals surface area contributed by atoms with Crippen LogP contribution in [0.5, 0.6) is 0 Å². The van der Waals surface area contributed by atoms with Crippen molar-refractivity contribution in [3.63, 3.8) is 0 Å². The Morgan fingerprint density at radius 3 is 3.00 bits per heavy atom. The number of fused-ring (bicyclic) bond motifs is 1. The number of aromatic nitrogens is 1. The molecule has 0 spiro atoms. The van der Waals surface area contributed by atoms with E-state index in [9.17, 15) is 0 Å². The van der Waals surface area contributed by atoms with Gasteiger partial charge in [-0.15, -0.1) is 0 Å². The average molecular weight is 284 g/mol. The Kier molecular flexibility index (Phi) is 4.51. The Balaban J connectivity index is 2.05. The highest BCUT2D eigenvalue weighted by Gasteiger charge is 2.26. The summed E-state index contributed by atoms with van der Waals surface area (Å²) >= 11 is 0. The van der Waals surface area contributed by atoms with Crippen molar-refractivity contribution in [1.82, 2.24) is 10.3 Å². The van der Waals surface area contributed by atoms with E-state index in [-0.39, 0.29) is 0 Å². The summed E-state index contributed by atoms with van der Waals surface area (Å²) in [5, 5.41) is 4.94. The first kappa shape index (κ1) is 14.5. The Bertz CT molecular complexity index is 605. The van der Waals surface area contributed by atoms with Crippen LogP contribution in [0.15, 0.2) is 30.3 Å². The molecule has 1 aromatic carbocycles. The maximum atomic E-state index is 5.72. The SMILES string of the molecule is CCNC(c1cc(C)nc2ccccc12)C1CCCOC1. The lowest BCUT2D eigenvalue weighted by atomic mass is 9.87. The van der Waals surface area contributed by atoms with E-state index >= 15 is 0 Å². The van der Waals surface area contributed by atoms with E-state index in [1.165, 1.54) is 17.4 Å². The van der Waals surface area contributed by atoms with Crippen molar-refractivity contribution in [2.24, 2.45) is 5.92 Å². The number of pyridine rings is 1. The average Bonchev–Trinajstić information content (AvgIpc) is 2.52. The van der Waals surface area contributed by atoms with Crippen LogP contribution < -0.4 is 5.32 Å². The van der Waals surface area contributed by atoms with Gasteiger partial charge in [0.2, 0.25) is 0 Å². The van der Waals surface area contributed by atoms with Gasteiger partial charge in [-0.25, -0.2) is 0 Å². The minimum atomic E-state index is 0.349. The molecule has 1 aliphatic rings. The molecule has 2 aromatic rings. The number of hydrogen-bond donors (Lipinski definition) is 1. The van der Waals surface area contributed by atoms with Crippen LogP contribution in [0.25, 0.3) is 10.9 Å². The normalized spacial score (nSPS) is 20.6. The molecule has 2 unspecified atom stereocenters. The van der Waals surface area contributed by atoms with E-state index in [0.717, 1.165) is 37.4 Å². The van der Waals surface area contributed by atoms with E-state index in [2.05, 4.69) is 54.5 Å². The molecule has 0 bridgehead atoms. The molecule has 1 fully saturated rings. The number of ether oxygens (including phenoxy) is 1. The van der Waals surface area contributed by atoms with Gasteiger partial charge in [0, 0.05) is 29.6 Å². The van der Waals surface area contributed by atoms with E-state index in [1.807, 2.05) is 0 Å². The second-order valence-corrected chi connectivity index (χ2v) is 5.88. The van der Waals surface area contributed by atoms with Gasteiger partial charge in [0.25, 0.3) is 0 Å². The third kappa shape index (κ3) is 3.09. The van der Waals surface area contributed by atoms with Gasteiger partial charge in [-0.2, -0.15) is 0 Å². The minimum Gasteiger partial charge on any atom is -0.381 e. The Labute approximate surface area is 126 Å². The van der Waals surface area contributed by atoms with Gasteiger partial charge >= 0.3 is 0 Å². The van der Waals surface area contributed by atoms with Crippen molar-refractivity contribution < 1.29 is 4.74 Å². The molecule has 0 radical (unpaired) electrons. The lowest BCUT2D eigenvalue weighted by Gasteiger charge is -2.32. The molecule has 2 heterocycles. The van der Waals surface area contributed by atoms with Crippen LogP contribution in [0.4, 0.5) is 0 Å². The lowest BCUT2D eigenvalue weighted by Crippen LogP contribution is -2.33. The van der Waals surface area contributed by atoms with Crippen molar-refractivity contribution in [3.05, 3.63) is 41.6 Å². The molecule has 3 rings (SSSR count). The van der Waals surface area contributed by atoms with Crippen LogP contribution in [0.1, 0.15) is 37.1 Å². The molecule has 0 saturated carbocycles. The fourth-order valence-electron chi connectivity index (χ4n) is 3.38. The van der Waals surface area contributed by atoms with E-state index < -0.39 is 0 Å². The summed E-state index contributed by atoms with van der Waals surface area (Å²) in [4.78, 5) is 4.66. The summed E-state index contributed by atoms with van der Waals surface area (Å²) < 4.78 is 5.72. The number of hydrogen-bond acceptors (Lipinski definition) is 3. The molecule has 2 atom stereocenters. The van der Waals surface area contributed by atoms with Crippen molar-refractivity contribution in [3.8, 4) is 0 Å². The topological polar surface area (TPSA) is 34.2 Å². The number of para-hydroxylation sites is 1. The molecule has 1 saturated heterocycles. The first-order valence-corrected chi connectivity index (χ1v) is 7.97. The van der Waals surface area contributed by atoms with Crippen LogP contribution in [-0.4, -0.2) is 24.7 Å². The molecular weight excluding hydrogens is 260 g/mol. The first-order valence-electron chi connectivity index (χ1n) is 7.97. The number of nitrogens with one attached hydrogen (secondary N) is 1. The van der Waals surface area contributed by atoms with E-state index in [1.54, 1.807) is 0 Å². The van der Waals surface area contributed by atoms with Crippen LogP contribution in [0.3, 0.4) is 0 Å².